The van der Waals surface area contributed by atoms with Crippen molar-refractivity contribution in [3.05, 3.63) is 29.6 Å². The van der Waals surface area contributed by atoms with Crippen molar-refractivity contribution in [2.75, 3.05) is 26.2 Å². The molecule has 23 heavy (non-hydrogen) atoms. The van der Waals surface area contributed by atoms with Crippen molar-refractivity contribution in [3.63, 3.8) is 0 Å². The van der Waals surface area contributed by atoms with E-state index in [0.29, 0.717) is 31.6 Å². The van der Waals surface area contributed by atoms with Crippen molar-refractivity contribution in [1.82, 2.24) is 9.21 Å². The second kappa shape index (κ2) is 6.20. The standard InChI is InChI=1S/C16H21FN2O3S/c1-12-9-14(17)11-15(10-12)23(21,22)19-6-2-5-18(7-8-19)16(20)13-3-4-13/h9-11,13H,2-8H2,1H3. The van der Waals surface area contributed by atoms with Crippen LogP contribution in [0.2, 0.25) is 0 Å². The molecule has 1 aromatic rings. The van der Waals surface area contributed by atoms with Crippen LogP contribution < -0.4 is 0 Å². The van der Waals surface area contributed by atoms with Crippen LogP contribution in [-0.2, 0) is 14.8 Å². The zero-order chi connectivity index (χ0) is 16.6. The molecule has 0 N–H and O–H groups in total. The number of sulfonamides is 1. The van der Waals surface area contributed by atoms with E-state index in [-0.39, 0.29) is 23.3 Å². The van der Waals surface area contributed by atoms with Gasteiger partial charge in [-0.25, -0.2) is 12.8 Å². The van der Waals surface area contributed by atoms with Gasteiger partial charge in [0.15, 0.2) is 0 Å². The molecule has 2 fully saturated rings. The van der Waals surface area contributed by atoms with Crippen LogP contribution in [0.3, 0.4) is 0 Å². The van der Waals surface area contributed by atoms with Gasteiger partial charge in [0.2, 0.25) is 15.9 Å². The second-order valence-corrected chi connectivity index (χ2v) is 8.26. The molecular formula is C16H21FN2O3S. The van der Waals surface area contributed by atoms with Gasteiger partial charge in [-0.1, -0.05) is 0 Å². The average Bonchev–Trinajstić information content (AvgIpc) is 3.32. The topological polar surface area (TPSA) is 57.7 Å². The Morgan fingerprint density at radius 2 is 1.87 bits per heavy atom. The molecule has 0 spiro atoms. The number of carbonyl (C=O) groups excluding carboxylic acids is 1. The zero-order valence-corrected chi connectivity index (χ0v) is 14.0. The van der Waals surface area contributed by atoms with Gasteiger partial charge in [-0.05, 0) is 49.9 Å². The van der Waals surface area contributed by atoms with Gasteiger partial charge < -0.3 is 4.90 Å². The Morgan fingerprint density at radius 1 is 1.13 bits per heavy atom. The zero-order valence-electron chi connectivity index (χ0n) is 13.2. The summed E-state index contributed by atoms with van der Waals surface area (Å²) in [6.45, 7) is 3.27. The highest BCUT2D eigenvalue weighted by Gasteiger charge is 2.35. The van der Waals surface area contributed by atoms with E-state index in [1.807, 2.05) is 0 Å². The monoisotopic (exact) mass is 340 g/mol. The van der Waals surface area contributed by atoms with Crippen LogP contribution in [0.4, 0.5) is 4.39 Å². The summed E-state index contributed by atoms with van der Waals surface area (Å²) in [5, 5.41) is 0. The van der Waals surface area contributed by atoms with E-state index in [0.717, 1.165) is 18.9 Å². The molecule has 1 saturated heterocycles. The molecule has 0 radical (unpaired) electrons. The molecule has 1 aliphatic heterocycles. The Labute approximate surface area is 136 Å². The van der Waals surface area contributed by atoms with Gasteiger partial charge in [0.25, 0.3) is 0 Å². The van der Waals surface area contributed by atoms with Gasteiger partial charge >= 0.3 is 0 Å². The fourth-order valence-electron chi connectivity index (χ4n) is 2.94. The van der Waals surface area contributed by atoms with Crippen molar-refractivity contribution in [1.29, 1.82) is 0 Å². The van der Waals surface area contributed by atoms with E-state index in [1.54, 1.807) is 11.8 Å². The van der Waals surface area contributed by atoms with Crippen molar-refractivity contribution in [2.24, 2.45) is 5.92 Å². The highest BCUT2D eigenvalue weighted by atomic mass is 32.2. The highest BCUT2D eigenvalue weighted by Crippen LogP contribution is 2.31. The molecule has 0 unspecified atom stereocenters. The maximum atomic E-state index is 13.5. The minimum atomic E-state index is -3.73. The summed E-state index contributed by atoms with van der Waals surface area (Å²) in [7, 11) is -3.73. The van der Waals surface area contributed by atoms with E-state index < -0.39 is 15.8 Å². The molecule has 1 saturated carbocycles. The van der Waals surface area contributed by atoms with Gasteiger partial charge in [0.05, 0.1) is 4.90 Å². The first-order valence-electron chi connectivity index (χ1n) is 7.94. The Bertz CT molecular complexity index is 696. The van der Waals surface area contributed by atoms with Crippen LogP contribution in [0.15, 0.2) is 23.1 Å². The third-order valence-corrected chi connectivity index (χ3v) is 6.22. The van der Waals surface area contributed by atoms with Gasteiger partial charge in [0.1, 0.15) is 5.82 Å². The first kappa shape index (κ1) is 16.4. The van der Waals surface area contributed by atoms with Crippen LogP contribution in [0, 0.1) is 18.7 Å². The fourth-order valence-corrected chi connectivity index (χ4v) is 4.53. The number of carbonyl (C=O) groups is 1. The number of hydrogen-bond acceptors (Lipinski definition) is 3. The molecule has 1 aromatic carbocycles. The Kier molecular flexibility index (Phi) is 4.42. The molecule has 2 aliphatic rings. The van der Waals surface area contributed by atoms with Gasteiger partial charge in [-0.2, -0.15) is 4.31 Å². The molecule has 5 nitrogen and oxygen atoms in total. The summed E-state index contributed by atoms with van der Waals surface area (Å²) in [6.07, 6.45) is 2.49. The Balaban J connectivity index is 1.76. The number of benzene rings is 1. The Hall–Kier alpha value is -1.47. The quantitative estimate of drug-likeness (QED) is 0.843. The maximum absolute atomic E-state index is 13.5. The van der Waals surface area contributed by atoms with Crippen molar-refractivity contribution >= 4 is 15.9 Å². The first-order valence-corrected chi connectivity index (χ1v) is 9.38. The predicted molar refractivity (Wildman–Crippen MR) is 83.8 cm³/mol. The summed E-state index contributed by atoms with van der Waals surface area (Å²) in [4.78, 5) is 13.9. The van der Waals surface area contributed by atoms with E-state index in [9.17, 15) is 17.6 Å². The fraction of sp³-hybridized carbons (Fsp3) is 0.562. The maximum Gasteiger partial charge on any atom is 0.243 e. The lowest BCUT2D eigenvalue weighted by molar-refractivity contribution is -0.132. The van der Waals surface area contributed by atoms with Gasteiger partial charge in [0, 0.05) is 32.1 Å². The van der Waals surface area contributed by atoms with Crippen LogP contribution >= 0.6 is 0 Å². The summed E-state index contributed by atoms with van der Waals surface area (Å²) in [5.41, 5.74) is 0.573. The number of hydrogen-bond donors (Lipinski definition) is 0. The lowest BCUT2D eigenvalue weighted by Crippen LogP contribution is -2.38. The normalized spacial score (nSPS) is 20.3. The molecule has 1 aliphatic carbocycles. The number of amides is 1. The molecule has 126 valence electrons. The van der Waals surface area contributed by atoms with Crippen molar-refractivity contribution in [2.45, 2.75) is 31.1 Å². The molecule has 0 bridgehead atoms. The number of rotatable bonds is 3. The van der Waals surface area contributed by atoms with Gasteiger partial charge in [-0.3, -0.25) is 4.79 Å². The first-order chi connectivity index (χ1) is 10.9. The molecule has 0 aromatic heterocycles. The molecule has 1 heterocycles. The summed E-state index contributed by atoms with van der Waals surface area (Å²) in [6, 6.07) is 3.84. The molecule has 0 atom stereocenters. The number of aryl methyl sites for hydroxylation is 1. The van der Waals surface area contributed by atoms with Crippen LogP contribution in [0.5, 0.6) is 0 Å². The largest absolute Gasteiger partial charge is 0.341 e. The van der Waals surface area contributed by atoms with E-state index in [2.05, 4.69) is 0 Å². The van der Waals surface area contributed by atoms with E-state index in [1.165, 1.54) is 16.4 Å². The third kappa shape index (κ3) is 3.55. The molecule has 3 rings (SSSR count). The van der Waals surface area contributed by atoms with Crippen LogP contribution in [0.25, 0.3) is 0 Å². The minimum absolute atomic E-state index is 0.0167. The number of nitrogens with zero attached hydrogens (tertiary/aromatic N) is 2. The van der Waals surface area contributed by atoms with Crippen LogP contribution in [0.1, 0.15) is 24.8 Å². The lowest BCUT2D eigenvalue weighted by atomic mass is 10.2. The third-order valence-electron chi connectivity index (χ3n) is 4.35. The SMILES string of the molecule is Cc1cc(F)cc(S(=O)(=O)N2CCCN(C(=O)C3CC3)CC2)c1. The summed E-state index contributed by atoms with van der Waals surface area (Å²) in [5.74, 6) is -0.265. The smallest absolute Gasteiger partial charge is 0.243 e. The van der Waals surface area contributed by atoms with Crippen molar-refractivity contribution < 1.29 is 17.6 Å². The highest BCUT2D eigenvalue weighted by molar-refractivity contribution is 7.89. The molecular weight excluding hydrogens is 319 g/mol. The molecule has 7 heteroatoms. The van der Waals surface area contributed by atoms with E-state index in [4.69, 9.17) is 0 Å². The number of halogens is 1. The van der Waals surface area contributed by atoms with Crippen molar-refractivity contribution in [3.8, 4) is 0 Å². The van der Waals surface area contributed by atoms with Gasteiger partial charge in [-0.15, -0.1) is 0 Å². The Morgan fingerprint density at radius 3 is 2.52 bits per heavy atom. The van der Waals surface area contributed by atoms with Crippen LogP contribution in [-0.4, -0.2) is 49.7 Å². The minimum Gasteiger partial charge on any atom is -0.341 e. The summed E-state index contributed by atoms with van der Waals surface area (Å²) >= 11 is 0. The second-order valence-electron chi connectivity index (χ2n) is 6.32. The predicted octanol–water partition coefficient (Wildman–Crippen LogP) is 1.77. The average molecular weight is 340 g/mol. The summed E-state index contributed by atoms with van der Waals surface area (Å²) < 4.78 is 40.3. The lowest BCUT2D eigenvalue weighted by Gasteiger charge is -2.22. The van der Waals surface area contributed by atoms with E-state index >= 15 is 0 Å². The molecule has 1 amide bonds.